The minimum atomic E-state index is -1.20. The van der Waals surface area contributed by atoms with E-state index in [9.17, 15) is 12.3 Å². The van der Waals surface area contributed by atoms with Gasteiger partial charge < -0.3 is 4.42 Å². The van der Waals surface area contributed by atoms with E-state index in [4.69, 9.17) is 37.3 Å². The summed E-state index contributed by atoms with van der Waals surface area (Å²) >= 11 is 0. The Morgan fingerprint density at radius 1 is 0.309 bits per heavy atom. The molecule has 0 N–H and O–H groups in total. The second kappa shape index (κ2) is 13.8. The lowest BCUT2D eigenvalue weighted by atomic mass is 9.94. The average Bonchev–Trinajstić information content (AvgIpc) is 1.44. The van der Waals surface area contributed by atoms with Gasteiger partial charge in [-0.1, -0.05) is 175 Å². The van der Waals surface area contributed by atoms with Crippen LogP contribution < -0.4 is 0 Å². The zero-order valence-corrected chi connectivity index (χ0v) is 27.2. The lowest BCUT2D eigenvalue weighted by Gasteiger charge is -2.11. The van der Waals surface area contributed by atoms with Crippen LogP contribution in [0.4, 0.5) is 0 Å². The maximum atomic E-state index is 9.94. The zero-order valence-electron chi connectivity index (χ0n) is 60.2. The molecule has 0 fully saturated rings. The van der Waals surface area contributed by atoms with E-state index in [1.807, 2.05) is 0 Å². The van der Waals surface area contributed by atoms with E-state index >= 15 is 0 Å². The normalized spacial score (nSPS) is 19.7. The molecular formula is C51H33N3O. The molecular weight excluding hydrogens is 671 g/mol. The van der Waals surface area contributed by atoms with Gasteiger partial charge in [-0.15, -0.1) is 0 Å². The van der Waals surface area contributed by atoms with E-state index in [0.29, 0.717) is 0 Å². The largest absolute Gasteiger partial charge is 0.455 e. The van der Waals surface area contributed by atoms with E-state index in [1.165, 1.54) is 0 Å². The number of hydrogen-bond donors (Lipinski definition) is 0. The van der Waals surface area contributed by atoms with E-state index < -0.39 is 300 Å². The van der Waals surface area contributed by atoms with Crippen molar-refractivity contribution in [3.63, 3.8) is 0 Å². The lowest BCUT2D eigenvalue weighted by molar-refractivity contribution is 0.671. The Morgan fingerprint density at radius 3 is 1.24 bits per heavy atom. The molecule has 0 aliphatic rings. The van der Waals surface area contributed by atoms with Crippen LogP contribution in [0.15, 0.2) is 204 Å². The van der Waals surface area contributed by atoms with Crippen LogP contribution >= 0.6 is 0 Å². The maximum Gasteiger partial charge on any atom is 0.164 e. The van der Waals surface area contributed by atoms with Gasteiger partial charge in [0.15, 0.2) is 17.5 Å². The molecule has 8 aromatic carbocycles. The quantitative estimate of drug-likeness (QED) is 0.163. The third-order valence-corrected chi connectivity index (χ3v) is 7.86. The second-order valence-electron chi connectivity index (χ2n) is 11.1. The molecule has 0 saturated heterocycles. The van der Waals surface area contributed by atoms with E-state index in [-0.39, 0.29) is 0 Å². The molecule has 0 aliphatic carbocycles. The minimum absolute atomic E-state index is 0.812. The molecule has 4 heteroatoms. The number of rotatable bonds is 7. The average molecular weight is 737 g/mol. The molecule has 0 unspecified atom stereocenters. The minimum Gasteiger partial charge on any atom is -0.455 e. The van der Waals surface area contributed by atoms with Gasteiger partial charge in [0.25, 0.3) is 0 Å². The Bertz CT molecular complexity index is 4700. The smallest absolute Gasteiger partial charge is 0.164 e. The molecule has 0 spiro atoms. The van der Waals surface area contributed by atoms with Crippen molar-refractivity contribution in [2.24, 2.45) is 0 Å². The highest BCUT2D eigenvalue weighted by molar-refractivity contribution is 6.18. The lowest BCUT2D eigenvalue weighted by Crippen LogP contribution is -2.00. The fourth-order valence-electron chi connectivity index (χ4n) is 5.49. The number of fused-ring (bicyclic) bond motifs is 3. The fraction of sp³-hybridized carbons (Fsp3) is 0. The van der Waals surface area contributed by atoms with Crippen LogP contribution in [0.5, 0.6) is 0 Å². The maximum absolute atomic E-state index is 9.94. The summed E-state index contributed by atoms with van der Waals surface area (Å²) in [5.41, 5.74) is -11.7. The topological polar surface area (TPSA) is 51.8 Å². The summed E-state index contributed by atoms with van der Waals surface area (Å²) in [6.07, 6.45) is 0. The van der Waals surface area contributed by atoms with E-state index in [1.54, 1.807) is 0 Å². The van der Waals surface area contributed by atoms with Gasteiger partial charge in [0.05, 0.1) is 45.2 Å². The van der Waals surface area contributed by atoms with Crippen molar-refractivity contribution in [2.75, 3.05) is 0 Å². The summed E-state index contributed by atoms with van der Waals surface area (Å²) in [5.74, 6) is -2.88. The number of furan rings is 1. The van der Waals surface area contributed by atoms with Gasteiger partial charge in [-0.3, -0.25) is 0 Å². The molecule has 0 aliphatic heterocycles. The highest BCUT2D eigenvalue weighted by Gasteiger charge is 2.22. The molecule has 0 radical (unpaired) electrons. The Kier molecular flexibility index (Phi) is 3.24. The Labute approximate surface area is 365 Å². The molecule has 0 bridgehead atoms. The highest BCUT2D eigenvalue weighted by Crippen LogP contribution is 2.45. The van der Waals surface area contributed by atoms with Crippen molar-refractivity contribution in [2.45, 2.75) is 0 Å². The predicted molar refractivity (Wildman–Crippen MR) is 225 cm³/mol. The van der Waals surface area contributed by atoms with Crippen LogP contribution in [0.3, 0.4) is 0 Å². The molecule has 10 aromatic rings. The van der Waals surface area contributed by atoms with Gasteiger partial charge in [0.1, 0.15) is 11.2 Å². The monoisotopic (exact) mass is 736 g/mol. The summed E-state index contributed by atoms with van der Waals surface area (Å²) in [6, 6.07) is -33.9. The Balaban J connectivity index is 1.49. The van der Waals surface area contributed by atoms with Crippen molar-refractivity contribution < 1.29 is 49.7 Å². The molecule has 55 heavy (non-hydrogen) atoms. The van der Waals surface area contributed by atoms with E-state index in [2.05, 4.69) is 15.0 Å². The number of para-hydroxylation sites is 1. The predicted octanol–water partition coefficient (Wildman–Crippen LogP) is 13.4. The van der Waals surface area contributed by atoms with Crippen molar-refractivity contribution in [1.29, 1.82) is 0 Å². The van der Waals surface area contributed by atoms with Crippen molar-refractivity contribution >= 4 is 21.9 Å². The van der Waals surface area contributed by atoms with Gasteiger partial charge in [-0.25, -0.2) is 15.0 Å². The number of hydrogen-bond acceptors (Lipinski definition) is 4. The first-order chi connectivity index (χ1) is 41.0. The van der Waals surface area contributed by atoms with Gasteiger partial charge in [0.2, 0.25) is 0 Å². The summed E-state index contributed by atoms with van der Waals surface area (Å²) in [4.78, 5) is 13.0. The molecule has 2 aromatic heterocycles. The summed E-state index contributed by atoms with van der Waals surface area (Å²) in [7, 11) is 0. The molecule has 2 heterocycles. The van der Waals surface area contributed by atoms with E-state index in [0.717, 1.165) is 0 Å². The third-order valence-electron chi connectivity index (χ3n) is 7.86. The molecule has 0 amide bonds. The highest BCUT2D eigenvalue weighted by atomic mass is 16.3. The SMILES string of the molecule is [2H]c1c([2H])c([2H])c(-c2nc(-c3c([2H])c([2H])c([2H])c([2H])c3[2H])nc(-c3c([2H])c([2H])c(-c4c([2H])c([2H])c([2H])c(-c5c([2H])c([2H])c([2H])c([2H])c5[2H])c4[2H])c4oc5c(-c6c([2H])c([2H])c([2H])c(-c7c([2H])c([2H])c([2H])c([2H])c7[2H])c6[2H])c([2H])c([2H])c([2H])c5c34)n2)c([2H])c1[2H]. The van der Waals surface area contributed by atoms with Crippen molar-refractivity contribution in [3.05, 3.63) is 199 Å². The first-order valence-corrected chi connectivity index (χ1v) is 15.7. The first-order valence-electron chi connectivity index (χ1n) is 32.2. The van der Waals surface area contributed by atoms with Crippen molar-refractivity contribution in [3.8, 4) is 78.7 Å². The summed E-state index contributed by atoms with van der Waals surface area (Å²) in [5, 5.41) is -1.63. The van der Waals surface area contributed by atoms with Gasteiger partial charge >= 0.3 is 0 Å². The van der Waals surface area contributed by atoms with Crippen LogP contribution in [-0.4, -0.2) is 15.0 Å². The Hall–Kier alpha value is -7.43. The Morgan fingerprint density at radius 2 is 0.709 bits per heavy atom. The van der Waals surface area contributed by atoms with Crippen LogP contribution in [-0.2, 0) is 0 Å². The number of benzene rings is 8. The van der Waals surface area contributed by atoms with Crippen LogP contribution in [0.25, 0.3) is 101 Å². The van der Waals surface area contributed by atoms with Gasteiger partial charge in [-0.05, 0) is 57.6 Å². The molecule has 10 rings (SSSR count). The fourth-order valence-corrected chi connectivity index (χ4v) is 5.49. The standard InChI is InChI=1S/C51H33N3O/c1-5-16-34(17-6-1)38-24-13-26-40(32-38)42-28-15-29-44-46-45(51-53-49(36-20-9-3-10-21-36)52-50(54-51)37-22-11-4-12-23-37)31-30-43(48(46)55-47(42)44)41-27-14-25-39(33-41)35-18-7-2-8-19-35/h1-33H/i1D,2D,3D,4D,5D,6D,7D,8D,9D,10D,11D,12D,13D,14D,15D,16D,17D,18D,19D,20D,21D,22D,23D,24D,25D,26D,27D,28D,29D,30D,31D,32D,33D. The number of aromatic nitrogens is 3. The molecule has 258 valence electrons. The zero-order chi connectivity index (χ0) is 65.3. The third kappa shape index (κ3) is 6.06. The van der Waals surface area contributed by atoms with Crippen LogP contribution in [0.2, 0.25) is 0 Å². The van der Waals surface area contributed by atoms with Crippen LogP contribution in [0.1, 0.15) is 45.2 Å². The molecule has 0 atom stereocenters. The second-order valence-corrected chi connectivity index (χ2v) is 11.1. The van der Waals surface area contributed by atoms with Crippen molar-refractivity contribution in [1.82, 2.24) is 15.0 Å². The van der Waals surface area contributed by atoms with Gasteiger partial charge in [-0.2, -0.15) is 0 Å². The molecule has 0 saturated carbocycles. The summed E-state index contributed by atoms with van der Waals surface area (Å²) in [6.45, 7) is 0. The summed E-state index contributed by atoms with van der Waals surface area (Å²) < 4.78 is 300. The van der Waals surface area contributed by atoms with Gasteiger partial charge in [0, 0.05) is 38.6 Å². The first kappa shape index (κ1) is 12.9. The molecule has 4 nitrogen and oxygen atoms in total. The van der Waals surface area contributed by atoms with Crippen LogP contribution in [0, 0.1) is 0 Å². The number of nitrogens with zero attached hydrogens (tertiary/aromatic N) is 3.